The molecule has 3 heterocycles. The van der Waals surface area contributed by atoms with Gasteiger partial charge in [-0.2, -0.15) is 0 Å². The van der Waals surface area contributed by atoms with Gasteiger partial charge in [0.05, 0.1) is 21.4 Å². The molecule has 2 nitrogen and oxygen atoms in total. The van der Waals surface area contributed by atoms with Crippen LogP contribution in [-0.4, -0.2) is 4.57 Å². The molecule has 0 aliphatic heterocycles. The van der Waals surface area contributed by atoms with Gasteiger partial charge in [0.2, 0.25) is 0 Å². The van der Waals surface area contributed by atoms with E-state index < -0.39 is 0 Å². The second-order valence-corrected chi connectivity index (χ2v) is 15.5. The molecule has 0 atom stereocenters. The number of fused-ring (bicyclic) bond motifs is 9. The Morgan fingerprint density at radius 3 is 1.85 bits per heavy atom. The predicted molar refractivity (Wildman–Crippen MR) is 227 cm³/mol. The Bertz CT molecular complexity index is 3150. The van der Waals surface area contributed by atoms with E-state index in [4.69, 9.17) is 0 Å². The summed E-state index contributed by atoms with van der Waals surface area (Å²) in [6.45, 7) is 0. The highest BCUT2D eigenvalue weighted by molar-refractivity contribution is 7.26. The summed E-state index contributed by atoms with van der Waals surface area (Å²) in [6, 6.07) is 66.7. The number of anilines is 3. The van der Waals surface area contributed by atoms with Crippen LogP contribution in [0.5, 0.6) is 0 Å². The van der Waals surface area contributed by atoms with Gasteiger partial charge >= 0.3 is 0 Å². The number of rotatable bonds is 5. The van der Waals surface area contributed by atoms with Crippen LogP contribution in [0.15, 0.2) is 182 Å². The van der Waals surface area contributed by atoms with E-state index in [1.54, 1.807) is 0 Å². The zero-order valence-electron chi connectivity index (χ0n) is 28.0. The Hall–Kier alpha value is -6.20. The summed E-state index contributed by atoms with van der Waals surface area (Å²) < 4.78 is 7.63. The number of para-hydroxylation sites is 2. The lowest BCUT2D eigenvalue weighted by atomic mass is 10.0. The lowest BCUT2D eigenvalue weighted by molar-refractivity contribution is 1.18. The topological polar surface area (TPSA) is 8.17 Å². The molecule has 0 radical (unpaired) electrons. The molecule has 0 fully saturated rings. The van der Waals surface area contributed by atoms with Crippen LogP contribution in [0, 0.1) is 0 Å². The van der Waals surface area contributed by atoms with Gasteiger partial charge in [-0.3, -0.25) is 0 Å². The van der Waals surface area contributed by atoms with Gasteiger partial charge in [-0.25, -0.2) is 0 Å². The fraction of sp³-hybridized carbons (Fsp3) is 0. The highest BCUT2D eigenvalue weighted by Crippen LogP contribution is 2.47. The summed E-state index contributed by atoms with van der Waals surface area (Å²) in [4.78, 5) is 2.46. The smallest absolute Gasteiger partial charge is 0.0640 e. The first-order valence-corrected chi connectivity index (χ1v) is 19.2. The molecule has 11 aromatic rings. The van der Waals surface area contributed by atoms with Crippen LogP contribution in [0.2, 0.25) is 0 Å². The standard InChI is InChI=1S/C48H30N2S2/c1-2-13-33(14-3-1)50-42-20-7-4-16-36(42)37-27-25-35(30-44(37)50)49(43-21-11-19-41-39-18-6-9-23-46(39)52-48(41)43)34-15-10-12-31(28-34)32-24-26-40-38-17-5-8-22-45(38)51-47(40)29-32/h1-30H. The summed E-state index contributed by atoms with van der Waals surface area (Å²) >= 11 is 3.74. The molecule has 3 aromatic heterocycles. The minimum atomic E-state index is 1.12. The lowest BCUT2D eigenvalue weighted by Crippen LogP contribution is -2.10. The third-order valence-corrected chi connectivity index (χ3v) is 12.7. The summed E-state index contributed by atoms with van der Waals surface area (Å²) in [5, 5.41) is 7.73. The first-order valence-electron chi connectivity index (χ1n) is 17.6. The minimum absolute atomic E-state index is 1.12. The SMILES string of the molecule is c1ccc(-n2c3ccccc3c3ccc(N(c4cccc(-c5ccc6c(c5)sc5ccccc56)c4)c4cccc5c4sc4ccccc45)cc32)cc1. The van der Waals surface area contributed by atoms with Gasteiger partial charge in [-0.05, 0) is 77.9 Å². The predicted octanol–water partition coefficient (Wildman–Crippen LogP) is 14.7. The second kappa shape index (κ2) is 11.7. The Balaban J connectivity index is 1.15. The summed E-state index contributed by atoms with van der Waals surface area (Å²) in [7, 11) is 0. The van der Waals surface area contributed by atoms with Crippen molar-refractivity contribution in [1.29, 1.82) is 0 Å². The van der Waals surface area contributed by atoms with E-state index in [2.05, 4.69) is 191 Å². The second-order valence-electron chi connectivity index (χ2n) is 13.3. The average molecular weight is 699 g/mol. The zero-order chi connectivity index (χ0) is 34.2. The molecule has 11 rings (SSSR count). The maximum atomic E-state index is 2.46. The molecule has 0 bridgehead atoms. The fourth-order valence-electron chi connectivity index (χ4n) is 8.02. The molecular formula is C48H30N2S2. The summed E-state index contributed by atoms with van der Waals surface area (Å²) in [5.74, 6) is 0. The number of aromatic nitrogens is 1. The van der Waals surface area contributed by atoms with Crippen molar-refractivity contribution in [2.75, 3.05) is 4.90 Å². The third kappa shape index (κ3) is 4.55. The fourth-order valence-corrected chi connectivity index (χ4v) is 10.4. The van der Waals surface area contributed by atoms with Crippen molar-refractivity contribution in [3.8, 4) is 16.8 Å². The Morgan fingerprint density at radius 1 is 0.365 bits per heavy atom. The van der Waals surface area contributed by atoms with Gasteiger partial charge in [0.25, 0.3) is 0 Å². The van der Waals surface area contributed by atoms with Gasteiger partial charge in [0.1, 0.15) is 0 Å². The van der Waals surface area contributed by atoms with Crippen molar-refractivity contribution in [2.24, 2.45) is 0 Å². The minimum Gasteiger partial charge on any atom is -0.309 e. The molecule has 0 spiro atoms. The van der Waals surface area contributed by atoms with Gasteiger partial charge in [0.15, 0.2) is 0 Å². The van der Waals surface area contributed by atoms with E-state index in [1.165, 1.54) is 79.0 Å². The van der Waals surface area contributed by atoms with Crippen LogP contribution in [0.4, 0.5) is 17.1 Å². The highest BCUT2D eigenvalue weighted by Gasteiger charge is 2.21. The van der Waals surface area contributed by atoms with Gasteiger partial charge in [0, 0.05) is 63.5 Å². The number of nitrogens with zero attached hydrogens (tertiary/aromatic N) is 2. The normalized spacial score (nSPS) is 11.8. The van der Waals surface area contributed by atoms with Gasteiger partial charge < -0.3 is 9.47 Å². The van der Waals surface area contributed by atoms with Crippen LogP contribution < -0.4 is 4.90 Å². The van der Waals surface area contributed by atoms with Gasteiger partial charge in [-0.15, -0.1) is 22.7 Å². The van der Waals surface area contributed by atoms with Gasteiger partial charge in [-0.1, -0.05) is 115 Å². The van der Waals surface area contributed by atoms with Crippen molar-refractivity contribution in [1.82, 2.24) is 4.57 Å². The van der Waals surface area contributed by atoms with E-state index in [1.807, 2.05) is 22.7 Å². The maximum absolute atomic E-state index is 2.46. The monoisotopic (exact) mass is 698 g/mol. The molecule has 0 aliphatic carbocycles. The molecule has 0 saturated carbocycles. The van der Waals surface area contributed by atoms with Crippen molar-refractivity contribution >= 4 is 102 Å². The van der Waals surface area contributed by atoms with E-state index >= 15 is 0 Å². The highest BCUT2D eigenvalue weighted by atomic mass is 32.1. The Morgan fingerprint density at radius 2 is 0.981 bits per heavy atom. The third-order valence-electron chi connectivity index (χ3n) is 10.4. The molecular weight excluding hydrogens is 669 g/mol. The molecule has 0 aliphatic rings. The number of hydrogen-bond donors (Lipinski definition) is 0. The Labute approximate surface area is 308 Å². The van der Waals surface area contributed by atoms with Crippen LogP contribution in [-0.2, 0) is 0 Å². The van der Waals surface area contributed by atoms with E-state index in [0.29, 0.717) is 0 Å². The Kier molecular flexibility index (Phi) is 6.63. The maximum Gasteiger partial charge on any atom is 0.0640 e. The number of benzene rings is 8. The number of thiophene rings is 2. The van der Waals surface area contributed by atoms with Crippen molar-refractivity contribution in [2.45, 2.75) is 0 Å². The first-order chi connectivity index (χ1) is 25.8. The van der Waals surface area contributed by atoms with Crippen LogP contribution in [0.1, 0.15) is 0 Å². The van der Waals surface area contributed by atoms with E-state index in [0.717, 1.165) is 17.1 Å². The molecule has 52 heavy (non-hydrogen) atoms. The lowest BCUT2D eigenvalue weighted by Gasteiger charge is -2.27. The first kappa shape index (κ1) is 29.5. The summed E-state index contributed by atoms with van der Waals surface area (Å²) in [6.07, 6.45) is 0. The molecule has 0 amide bonds. The largest absolute Gasteiger partial charge is 0.309 e. The van der Waals surface area contributed by atoms with Crippen molar-refractivity contribution in [3.63, 3.8) is 0 Å². The molecule has 0 unspecified atom stereocenters. The van der Waals surface area contributed by atoms with Crippen LogP contribution >= 0.6 is 22.7 Å². The number of hydrogen-bond acceptors (Lipinski definition) is 3. The van der Waals surface area contributed by atoms with Crippen LogP contribution in [0.3, 0.4) is 0 Å². The molecule has 8 aromatic carbocycles. The molecule has 4 heteroatoms. The van der Waals surface area contributed by atoms with Crippen molar-refractivity contribution in [3.05, 3.63) is 182 Å². The van der Waals surface area contributed by atoms with E-state index in [-0.39, 0.29) is 0 Å². The average Bonchev–Trinajstić information content (AvgIpc) is 3.88. The molecule has 0 saturated heterocycles. The molecule has 244 valence electrons. The molecule has 0 N–H and O–H groups in total. The van der Waals surface area contributed by atoms with E-state index in [9.17, 15) is 0 Å². The quantitative estimate of drug-likeness (QED) is 0.174. The zero-order valence-corrected chi connectivity index (χ0v) is 29.7. The van der Waals surface area contributed by atoms with Crippen molar-refractivity contribution < 1.29 is 0 Å². The van der Waals surface area contributed by atoms with Crippen LogP contribution in [0.25, 0.3) is 79.0 Å². The summed E-state index contributed by atoms with van der Waals surface area (Å²) in [5.41, 5.74) is 9.39.